The zero-order valence-corrected chi connectivity index (χ0v) is 16.3. The van der Waals surface area contributed by atoms with Gasteiger partial charge in [0, 0.05) is 0 Å². The summed E-state index contributed by atoms with van der Waals surface area (Å²) in [6, 6.07) is 10.8. The largest absolute Gasteiger partial charge is 0.492 e. The van der Waals surface area contributed by atoms with Gasteiger partial charge in [0.1, 0.15) is 11.5 Å². The predicted molar refractivity (Wildman–Crippen MR) is 100 cm³/mol. The Morgan fingerprint density at radius 2 is 2.04 bits per heavy atom. The molecule has 7 nitrogen and oxygen atoms in total. The maximum atomic E-state index is 13.2. The summed E-state index contributed by atoms with van der Waals surface area (Å²) in [6.45, 7) is 2.00. The zero-order valence-electron chi connectivity index (χ0n) is 14.7. The number of para-hydroxylation sites is 2. The Labute approximate surface area is 162 Å². The van der Waals surface area contributed by atoms with Crippen LogP contribution >= 0.6 is 11.6 Å². The highest BCUT2D eigenvalue weighted by molar-refractivity contribution is 7.92. The monoisotopic (exact) mass is 411 g/mol. The molecule has 0 saturated carbocycles. The van der Waals surface area contributed by atoms with Crippen molar-refractivity contribution in [3.05, 3.63) is 47.5 Å². The average Bonchev–Trinajstić information content (AvgIpc) is 2.68. The number of fused-ring (bicyclic) bond motifs is 1. The molecular weight excluding hydrogens is 394 g/mol. The lowest BCUT2D eigenvalue weighted by atomic mass is 10.2. The van der Waals surface area contributed by atoms with Crippen molar-refractivity contribution in [2.24, 2.45) is 0 Å². The van der Waals surface area contributed by atoms with Crippen LogP contribution in [-0.2, 0) is 19.6 Å². The molecule has 2 aromatic rings. The molecule has 144 valence electrons. The number of rotatable bonds is 5. The molecular formula is C18H18ClNO6S. The fraction of sp³-hybridized carbons (Fsp3) is 0.278. The second-order valence-electron chi connectivity index (χ2n) is 5.66. The molecule has 0 spiro atoms. The second-order valence-corrected chi connectivity index (χ2v) is 7.93. The van der Waals surface area contributed by atoms with E-state index in [9.17, 15) is 13.2 Å². The highest BCUT2D eigenvalue weighted by atomic mass is 35.5. The molecule has 0 saturated heterocycles. The maximum Gasteiger partial charge on any atom is 0.348 e. The van der Waals surface area contributed by atoms with E-state index in [2.05, 4.69) is 0 Å². The van der Waals surface area contributed by atoms with Crippen LogP contribution in [0.1, 0.15) is 6.92 Å². The van der Waals surface area contributed by atoms with E-state index >= 15 is 0 Å². The summed E-state index contributed by atoms with van der Waals surface area (Å²) in [5, 5.41) is 0.184. The molecule has 0 unspecified atom stereocenters. The van der Waals surface area contributed by atoms with Crippen LogP contribution in [0.2, 0.25) is 5.02 Å². The molecule has 2 aromatic carbocycles. The number of methoxy groups -OCH3 is 1. The third kappa shape index (κ3) is 3.68. The van der Waals surface area contributed by atoms with Crippen molar-refractivity contribution >= 4 is 33.3 Å². The summed E-state index contributed by atoms with van der Waals surface area (Å²) >= 11 is 6.15. The quantitative estimate of drug-likeness (QED) is 0.703. The van der Waals surface area contributed by atoms with Crippen molar-refractivity contribution in [1.82, 2.24) is 0 Å². The first-order chi connectivity index (χ1) is 12.9. The summed E-state index contributed by atoms with van der Waals surface area (Å²) in [5.41, 5.74) is 0.336. The number of benzene rings is 2. The van der Waals surface area contributed by atoms with E-state index in [1.807, 2.05) is 0 Å². The molecule has 3 rings (SSSR count). The Kier molecular flexibility index (Phi) is 5.48. The Balaban J connectivity index is 2.04. The van der Waals surface area contributed by atoms with Gasteiger partial charge in [0.15, 0.2) is 0 Å². The first kappa shape index (κ1) is 19.3. The van der Waals surface area contributed by atoms with Gasteiger partial charge in [0.05, 0.1) is 35.9 Å². The van der Waals surface area contributed by atoms with Gasteiger partial charge in [-0.05, 0) is 37.3 Å². The van der Waals surface area contributed by atoms with Gasteiger partial charge in [-0.15, -0.1) is 0 Å². The van der Waals surface area contributed by atoms with E-state index in [1.54, 1.807) is 31.2 Å². The number of ether oxygens (including phenoxy) is 3. The highest BCUT2D eigenvalue weighted by Gasteiger charge is 2.38. The van der Waals surface area contributed by atoms with E-state index in [-0.39, 0.29) is 22.2 Å². The van der Waals surface area contributed by atoms with Crippen LogP contribution in [0.15, 0.2) is 47.4 Å². The van der Waals surface area contributed by atoms with Crippen molar-refractivity contribution in [2.75, 3.05) is 24.6 Å². The molecule has 0 radical (unpaired) electrons. The normalized spacial score (nSPS) is 16.3. The molecule has 1 aliphatic heterocycles. The number of carbonyl (C=O) groups is 1. The van der Waals surface area contributed by atoms with E-state index in [1.165, 1.54) is 25.3 Å². The molecule has 0 amide bonds. The minimum absolute atomic E-state index is 0.0173. The predicted octanol–water partition coefficient (Wildman–Crippen LogP) is 2.87. The van der Waals surface area contributed by atoms with Crippen LogP contribution in [-0.4, -0.2) is 40.8 Å². The summed E-state index contributed by atoms with van der Waals surface area (Å²) in [5.74, 6) is 0.0159. The number of hydrogen-bond acceptors (Lipinski definition) is 6. The van der Waals surface area contributed by atoms with Crippen molar-refractivity contribution < 1.29 is 27.4 Å². The summed E-state index contributed by atoms with van der Waals surface area (Å²) in [4.78, 5) is 11.9. The average molecular weight is 412 g/mol. The third-order valence-corrected chi connectivity index (χ3v) is 6.06. The second kappa shape index (κ2) is 7.66. The number of sulfonamides is 1. The molecule has 9 heteroatoms. The van der Waals surface area contributed by atoms with Gasteiger partial charge in [0.2, 0.25) is 6.10 Å². The Hall–Kier alpha value is -2.45. The SMILES string of the molecule is CCOc1ccc(S(=O)(=O)N2C[C@H](C(=O)OC)Oc3ccccc32)cc1Cl. The van der Waals surface area contributed by atoms with Crippen LogP contribution < -0.4 is 13.8 Å². The van der Waals surface area contributed by atoms with Crippen molar-refractivity contribution in [1.29, 1.82) is 0 Å². The topological polar surface area (TPSA) is 82.1 Å². The van der Waals surface area contributed by atoms with Crippen LogP contribution in [0.4, 0.5) is 5.69 Å². The van der Waals surface area contributed by atoms with Crippen LogP contribution in [0, 0.1) is 0 Å². The van der Waals surface area contributed by atoms with E-state index in [4.69, 9.17) is 25.8 Å². The van der Waals surface area contributed by atoms with E-state index in [0.717, 1.165) is 4.31 Å². The van der Waals surface area contributed by atoms with Crippen LogP contribution in [0.5, 0.6) is 11.5 Å². The first-order valence-corrected chi connectivity index (χ1v) is 9.99. The lowest BCUT2D eigenvalue weighted by Crippen LogP contribution is -2.47. The standard InChI is InChI=1S/C18H18ClNO6S/c1-3-25-15-9-8-12(10-13(15)19)27(22,23)20-11-17(18(21)24-2)26-16-7-5-4-6-14(16)20/h4-10,17H,3,11H2,1-2H3/t17-/m1/s1. The molecule has 27 heavy (non-hydrogen) atoms. The zero-order chi connectivity index (χ0) is 19.6. The van der Waals surface area contributed by atoms with Gasteiger partial charge >= 0.3 is 5.97 Å². The fourth-order valence-electron chi connectivity index (χ4n) is 2.73. The maximum absolute atomic E-state index is 13.2. The summed E-state index contributed by atoms with van der Waals surface area (Å²) < 4.78 is 43.3. The summed E-state index contributed by atoms with van der Waals surface area (Å²) in [6.07, 6.45) is -1.07. The molecule has 0 aromatic heterocycles. The van der Waals surface area contributed by atoms with Crippen LogP contribution in [0.25, 0.3) is 0 Å². The lowest BCUT2D eigenvalue weighted by molar-refractivity contribution is -0.148. The number of halogens is 1. The van der Waals surface area contributed by atoms with Crippen molar-refractivity contribution in [3.63, 3.8) is 0 Å². The molecule has 0 fully saturated rings. The Morgan fingerprint density at radius 1 is 1.30 bits per heavy atom. The van der Waals surface area contributed by atoms with E-state index < -0.39 is 22.1 Å². The minimum atomic E-state index is -4.00. The van der Waals surface area contributed by atoms with Gasteiger partial charge in [-0.1, -0.05) is 23.7 Å². The number of hydrogen-bond donors (Lipinski definition) is 0. The van der Waals surface area contributed by atoms with Gasteiger partial charge in [-0.3, -0.25) is 4.31 Å². The van der Waals surface area contributed by atoms with E-state index in [0.29, 0.717) is 18.0 Å². The number of nitrogens with zero attached hydrogens (tertiary/aromatic N) is 1. The number of esters is 1. The minimum Gasteiger partial charge on any atom is -0.492 e. The Morgan fingerprint density at radius 3 is 2.70 bits per heavy atom. The Bertz CT molecular complexity index is 962. The van der Waals surface area contributed by atoms with Gasteiger partial charge in [-0.25, -0.2) is 13.2 Å². The third-order valence-electron chi connectivity index (χ3n) is 3.99. The molecule has 0 N–H and O–H groups in total. The molecule has 0 aliphatic carbocycles. The van der Waals surface area contributed by atoms with Gasteiger partial charge < -0.3 is 14.2 Å². The smallest absolute Gasteiger partial charge is 0.348 e. The van der Waals surface area contributed by atoms with Crippen molar-refractivity contribution in [3.8, 4) is 11.5 Å². The molecule has 1 heterocycles. The fourth-order valence-corrected chi connectivity index (χ4v) is 4.53. The molecule has 1 atom stereocenters. The lowest BCUT2D eigenvalue weighted by Gasteiger charge is -2.34. The van der Waals surface area contributed by atoms with Gasteiger partial charge in [-0.2, -0.15) is 0 Å². The van der Waals surface area contributed by atoms with Crippen molar-refractivity contribution in [2.45, 2.75) is 17.9 Å². The number of anilines is 1. The highest BCUT2D eigenvalue weighted by Crippen LogP contribution is 2.38. The molecule has 1 aliphatic rings. The molecule has 0 bridgehead atoms. The van der Waals surface area contributed by atoms with Crippen LogP contribution in [0.3, 0.4) is 0 Å². The first-order valence-electron chi connectivity index (χ1n) is 8.17. The summed E-state index contributed by atoms with van der Waals surface area (Å²) in [7, 11) is -2.78. The number of carbonyl (C=O) groups excluding carboxylic acids is 1. The van der Waals surface area contributed by atoms with Gasteiger partial charge in [0.25, 0.3) is 10.0 Å².